The number of imide groups is 1. The Morgan fingerprint density at radius 2 is 2.06 bits per heavy atom. The van der Waals surface area contributed by atoms with Crippen molar-refractivity contribution in [1.29, 1.82) is 0 Å². The number of rotatable bonds is 4. The van der Waals surface area contributed by atoms with Crippen LogP contribution in [0.2, 0.25) is 5.02 Å². The Kier molecular flexibility index (Phi) is 5.61. The van der Waals surface area contributed by atoms with Gasteiger partial charge in [-0.15, -0.1) is 0 Å². The van der Waals surface area contributed by atoms with Crippen molar-refractivity contribution < 1.29 is 9.59 Å². The normalized spacial score (nSPS) is 9.94. The molecule has 0 saturated carbocycles. The maximum atomic E-state index is 11.8. The van der Waals surface area contributed by atoms with Crippen LogP contribution in [0.25, 0.3) is 0 Å². The maximum absolute atomic E-state index is 11.8. The van der Waals surface area contributed by atoms with Gasteiger partial charge in [-0.1, -0.05) is 29.8 Å². The predicted octanol–water partition coefficient (Wildman–Crippen LogP) is 1.36. The molecule has 0 aliphatic heterocycles. The summed E-state index contributed by atoms with van der Waals surface area (Å²) in [6.45, 7) is 2.03. The molecule has 6 heteroatoms. The lowest BCUT2D eigenvalue weighted by atomic mass is 10.2. The van der Waals surface area contributed by atoms with E-state index in [-0.39, 0.29) is 25.5 Å². The molecule has 1 aromatic rings. The third-order valence-corrected chi connectivity index (χ3v) is 2.73. The van der Waals surface area contributed by atoms with Gasteiger partial charge in [-0.2, -0.15) is 0 Å². The average Bonchev–Trinajstić information content (AvgIpc) is 2.34. The summed E-state index contributed by atoms with van der Waals surface area (Å²) in [7, 11) is 0. The Hall–Kier alpha value is -1.59. The Labute approximate surface area is 111 Å². The summed E-state index contributed by atoms with van der Waals surface area (Å²) in [5.41, 5.74) is 6.14. The minimum atomic E-state index is -0.465. The van der Waals surface area contributed by atoms with Gasteiger partial charge in [-0.25, -0.2) is 4.79 Å². The monoisotopic (exact) mass is 269 g/mol. The van der Waals surface area contributed by atoms with Crippen LogP contribution in [-0.4, -0.2) is 29.9 Å². The van der Waals surface area contributed by atoms with Crippen LogP contribution in [0.3, 0.4) is 0 Å². The number of hydrogen-bond acceptors (Lipinski definition) is 3. The van der Waals surface area contributed by atoms with Crippen LogP contribution in [0.5, 0.6) is 0 Å². The maximum Gasteiger partial charge on any atom is 0.324 e. The minimum absolute atomic E-state index is 0.198. The highest BCUT2D eigenvalue weighted by molar-refractivity contribution is 6.31. The Balaban J connectivity index is 2.60. The zero-order valence-electron chi connectivity index (χ0n) is 10.1. The zero-order chi connectivity index (χ0) is 13.5. The van der Waals surface area contributed by atoms with Crippen LogP contribution >= 0.6 is 11.6 Å². The lowest BCUT2D eigenvalue weighted by molar-refractivity contribution is -0.125. The van der Waals surface area contributed by atoms with Crippen molar-refractivity contribution in [2.24, 2.45) is 5.73 Å². The van der Waals surface area contributed by atoms with Crippen LogP contribution in [0, 0.1) is 0 Å². The highest BCUT2D eigenvalue weighted by Gasteiger charge is 2.16. The molecule has 3 N–H and O–H groups in total. The molecule has 0 spiro atoms. The van der Waals surface area contributed by atoms with Gasteiger partial charge in [0.25, 0.3) is 0 Å². The molecule has 1 rings (SSSR count). The molecule has 0 aliphatic rings. The van der Waals surface area contributed by atoms with Gasteiger partial charge in [0.2, 0.25) is 5.91 Å². The van der Waals surface area contributed by atoms with Crippen LogP contribution in [0.1, 0.15) is 12.5 Å². The van der Waals surface area contributed by atoms with E-state index in [1.165, 1.54) is 6.92 Å². The van der Waals surface area contributed by atoms with Gasteiger partial charge in [0.05, 0.1) is 0 Å². The third-order valence-electron chi connectivity index (χ3n) is 2.37. The van der Waals surface area contributed by atoms with Crippen molar-refractivity contribution in [3.63, 3.8) is 0 Å². The van der Waals surface area contributed by atoms with E-state index in [2.05, 4.69) is 5.32 Å². The number of nitrogens with zero attached hydrogens (tertiary/aromatic N) is 1. The summed E-state index contributed by atoms with van der Waals surface area (Å²) in [5.74, 6) is -0.336. The number of urea groups is 1. The van der Waals surface area contributed by atoms with E-state index in [9.17, 15) is 9.59 Å². The summed E-state index contributed by atoms with van der Waals surface area (Å²) >= 11 is 5.96. The van der Waals surface area contributed by atoms with Gasteiger partial charge < -0.3 is 11.1 Å². The molecule has 0 radical (unpaired) electrons. The van der Waals surface area contributed by atoms with Gasteiger partial charge in [0.15, 0.2) is 0 Å². The van der Waals surface area contributed by atoms with Crippen LogP contribution in [-0.2, 0) is 11.3 Å². The van der Waals surface area contributed by atoms with Crippen LogP contribution < -0.4 is 11.1 Å². The second-order valence-electron chi connectivity index (χ2n) is 3.71. The lowest BCUT2D eigenvalue weighted by Gasteiger charge is -2.18. The van der Waals surface area contributed by atoms with Crippen molar-refractivity contribution in [2.45, 2.75) is 13.5 Å². The molecule has 0 unspecified atom stereocenters. The summed E-state index contributed by atoms with van der Waals surface area (Å²) in [4.78, 5) is 24.1. The molecule has 98 valence electrons. The smallest absolute Gasteiger partial charge is 0.324 e. The minimum Gasteiger partial charge on any atom is -0.333 e. The molecule has 0 fully saturated rings. The number of nitrogens with one attached hydrogen (secondary N) is 1. The largest absolute Gasteiger partial charge is 0.333 e. The standard InChI is InChI=1S/C12H16ClN3O2/c1-9(17)16(7-6-14)12(18)15-8-10-4-2-3-5-11(10)13/h2-5H,6-8,14H2,1H3,(H,15,18). The summed E-state index contributed by atoms with van der Waals surface area (Å²) in [5, 5.41) is 3.21. The molecule has 5 nitrogen and oxygen atoms in total. The first-order chi connectivity index (χ1) is 8.56. The van der Waals surface area contributed by atoms with E-state index in [0.29, 0.717) is 5.02 Å². The van der Waals surface area contributed by atoms with E-state index >= 15 is 0 Å². The molecule has 0 saturated heterocycles. The molecule has 18 heavy (non-hydrogen) atoms. The fraction of sp³-hybridized carbons (Fsp3) is 0.333. The van der Waals surface area contributed by atoms with Crippen molar-refractivity contribution in [2.75, 3.05) is 13.1 Å². The van der Waals surface area contributed by atoms with E-state index in [1.54, 1.807) is 6.07 Å². The average molecular weight is 270 g/mol. The van der Waals surface area contributed by atoms with Gasteiger partial charge in [0.1, 0.15) is 0 Å². The highest BCUT2D eigenvalue weighted by Crippen LogP contribution is 2.14. The fourth-order valence-electron chi connectivity index (χ4n) is 1.44. The number of carbonyl (C=O) groups is 2. The summed E-state index contributed by atoms with van der Waals surface area (Å²) in [6, 6.07) is 6.72. The van der Waals surface area contributed by atoms with E-state index < -0.39 is 6.03 Å². The van der Waals surface area contributed by atoms with Gasteiger partial charge in [0, 0.05) is 31.6 Å². The van der Waals surface area contributed by atoms with Crippen molar-refractivity contribution in [1.82, 2.24) is 10.2 Å². The van der Waals surface area contributed by atoms with Crippen LogP contribution in [0.15, 0.2) is 24.3 Å². The number of benzene rings is 1. The van der Waals surface area contributed by atoms with Crippen molar-refractivity contribution in [3.8, 4) is 0 Å². The topological polar surface area (TPSA) is 75.4 Å². The van der Waals surface area contributed by atoms with Gasteiger partial charge in [-0.05, 0) is 11.6 Å². The van der Waals surface area contributed by atoms with Crippen LogP contribution in [0.4, 0.5) is 4.79 Å². The second kappa shape index (κ2) is 6.98. The van der Waals surface area contributed by atoms with E-state index in [4.69, 9.17) is 17.3 Å². The molecule has 0 aliphatic carbocycles. The first-order valence-corrected chi connectivity index (χ1v) is 5.93. The Bertz CT molecular complexity index is 437. The Morgan fingerprint density at radius 3 is 2.61 bits per heavy atom. The first-order valence-electron chi connectivity index (χ1n) is 5.55. The predicted molar refractivity (Wildman–Crippen MR) is 70.1 cm³/mol. The number of carbonyl (C=O) groups excluding carboxylic acids is 2. The number of nitrogens with two attached hydrogens (primary N) is 1. The van der Waals surface area contributed by atoms with Gasteiger partial charge >= 0.3 is 6.03 Å². The summed E-state index contributed by atoms with van der Waals surface area (Å²) < 4.78 is 0. The molecular formula is C12H16ClN3O2. The Morgan fingerprint density at radius 1 is 1.39 bits per heavy atom. The van der Waals surface area contributed by atoms with E-state index in [0.717, 1.165) is 10.5 Å². The molecule has 0 atom stereocenters. The first kappa shape index (κ1) is 14.5. The number of hydrogen-bond donors (Lipinski definition) is 2. The fourth-order valence-corrected chi connectivity index (χ4v) is 1.64. The second-order valence-corrected chi connectivity index (χ2v) is 4.12. The molecular weight excluding hydrogens is 254 g/mol. The third kappa shape index (κ3) is 4.01. The van der Waals surface area contributed by atoms with Gasteiger partial charge in [-0.3, -0.25) is 9.69 Å². The quantitative estimate of drug-likeness (QED) is 0.867. The van der Waals surface area contributed by atoms with E-state index in [1.807, 2.05) is 18.2 Å². The number of amides is 3. The molecule has 0 heterocycles. The lowest BCUT2D eigenvalue weighted by Crippen LogP contribution is -2.44. The SMILES string of the molecule is CC(=O)N(CCN)C(=O)NCc1ccccc1Cl. The number of halogens is 1. The summed E-state index contributed by atoms with van der Waals surface area (Å²) in [6.07, 6.45) is 0. The molecule has 1 aromatic carbocycles. The zero-order valence-corrected chi connectivity index (χ0v) is 10.9. The molecule has 0 bridgehead atoms. The molecule has 3 amide bonds. The van der Waals surface area contributed by atoms with Crippen molar-refractivity contribution >= 4 is 23.5 Å². The highest BCUT2D eigenvalue weighted by atomic mass is 35.5. The van der Waals surface area contributed by atoms with Crippen molar-refractivity contribution in [3.05, 3.63) is 34.9 Å². The molecule has 0 aromatic heterocycles.